The molecule has 1 unspecified atom stereocenters. The molecule has 0 heterocycles. The molecule has 0 saturated heterocycles. The Kier molecular flexibility index (Phi) is 12.2. The Morgan fingerprint density at radius 3 is 2.24 bits per heavy atom. The van der Waals surface area contributed by atoms with Crippen LogP contribution in [0.4, 0.5) is 0 Å². The van der Waals surface area contributed by atoms with Gasteiger partial charge in [0.1, 0.15) is 0 Å². The highest BCUT2D eigenvalue weighted by atomic mass is 32.2. The molecule has 0 aromatic carbocycles. The van der Waals surface area contributed by atoms with Crippen molar-refractivity contribution in [2.24, 2.45) is 0 Å². The summed E-state index contributed by atoms with van der Waals surface area (Å²) < 4.78 is 0. The standard InChI is InChI=1S/C14H28O2S/c1-3-5-6-7-8-9-11-13(10-4-2)17-12-14(15)16/h13H,3-12H2,1-2H3,(H,15,16). The molecule has 0 aliphatic carbocycles. The number of rotatable bonds is 12. The van der Waals surface area contributed by atoms with Gasteiger partial charge in [-0.05, 0) is 12.8 Å². The second-order valence-corrected chi connectivity index (χ2v) is 5.96. The van der Waals surface area contributed by atoms with E-state index in [9.17, 15) is 4.79 Å². The highest BCUT2D eigenvalue weighted by Gasteiger charge is 2.10. The van der Waals surface area contributed by atoms with Gasteiger partial charge in [0, 0.05) is 5.25 Å². The molecule has 1 N–H and O–H groups in total. The zero-order valence-electron chi connectivity index (χ0n) is 11.4. The smallest absolute Gasteiger partial charge is 0.313 e. The third kappa shape index (κ3) is 12.1. The maximum absolute atomic E-state index is 10.5. The Balaban J connectivity index is 3.51. The number of thioether (sulfide) groups is 1. The number of carboxylic acid groups (broad SMARTS) is 1. The molecule has 0 aliphatic rings. The summed E-state index contributed by atoms with van der Waals surface area (Å²) in [6.45, 7) is 4.41. The molecule has 0 spiro atoms. The molecular formula is C14H28O2S. The van der Waals surface area contributed by atoms with Gasteiger partial charge < -0.3 is 5.11 Å². The highest BCUT2D eigenvalue weighted by Crippen LogP contribution is 2.22. The fourth-order valence-corrected chi connectivity index (χ4v) is 3.09. The van der Waals surface area contributed by atoms with Gasteiger partial charge in [-0.1, -0.05) is 58.8 Å². The van der Waals surface area contributed by atoms with Crippen molar-refractivity contribution in [3.63, 3.8) is 0 Å². The fraction of sp³-hybridized carbons (Fsp3) is 0.929. The summed E-state index contributed by atoms with van der Waals surface area (Å²) in [7, 11) is 0. The first-order valence-corrected chi connectivity index (χ1v) is 8.09. The number of aliphatic carboxylic acids is 1. The summed E-state index contributed by atoms with van der Waals surface area (Å²) in [5.41, 5.74) is 0. The third-order valence-electron chi connectivity index (χ3n) is 2.93. The summed E-state index contributed by atoms with van der Waals surface area (Å²) in [6.07, 6.45) is 11.4. The maximum atomic E-state index is 10.5. The van der Waals surface area contributed by atoms with Gasteiger partial charge >= 0.3 is 5.97 Å². The monoisotopic (exact) mass is 260 g/mol. The van der Waals surface area contributed by atoms with Crippen molar-refractivity contribution in [1.29, 1.82) is 0 Å². The maximum Gasteiger partial charge on any atom is 0.313 e. The lowest BCUT2D eigenvalue weighted by Gasteiger charge is -2.14. The zero-order valence-corrected chi connectivity index (χ0v) is 12.2. The van der Waals surface area contributed by atoms with Crippen LogP contribution >= 0.6 is 11.8 Å². The molecule has 0 saturated carbocycles. The lowest BCUT2D eigenvalue weighted by atomic mass is 10.1. The van der Waals surface area contributed by atoms with Crippen LogP contribution < -0.4 is 0 Å². The minimum absolute atomic E-state index is 0.264. The van der Waals surface area contributed by atoms with Gasteiger partial charge in [-0.25, -0.2) is 0 Å². The van der Waals surface area contributed by atoms with Crippen LogP contribution in [0, 0.1) is 0 Å². The Hall–Kier alpha value is -0.180. The highest BCUT2D eigenvalue weighted by molar-refractivity contribution is 8.00. The minimum Gasteiger partial charge on any atom is -0.481 e. The van der Waals surface area contributed by atoms with Crippen molar-refractivity contribution >= 4 is 17.7 Å². The molecule has 0 aromatic heterocycles. The van der Waals surface area contributed by atoms with Crippen LogP contribution in [-0.2, 0) is 4.79 Å². The molecule has 0 aliphatic heterocycles. The van der Waals surface area contributed by atoms with Gasteiger partial charge in [-0.15, -0.1) is 11.8 Å². The molecule has 0 bridgehead atoms. The molecule has 0 radical (unpaired) electrons. The van der Waals surface area contributed by atoms with Crippen molar-refractivity contribution < 1.29 is 9.90 Å². The van der Waals surface area contributed by atoms with Crippen LogP contribution in [0.5, 0.6) is 0 Å². The first-order valence-electron chi connectivity index (χ1n) is 7.04. The first-order chi connectivity index (χ1) is 8.20. The molecule has 2 nitrogen and oxygen atoms in total. The predicted octanol–water partition coefficient (Wildman–Crippen LogP) is 4.72. The number of carboxylic acids is 1. The number of carbonyl (C=O) groups is 1. The SMILES string of the molecule is CCCCCCCCC(CCC)SCC(=O)O. The number of hydrogen-bond acceptors (Lipinski definition) is 2. The van der Waals surface area contributed by atoms with Gasteiger partial charge in [-0.2, -0.15) is 0 Å². The van der Waals surface area contributed by atoms with Crippen molar-refractivity contribution in [3.05, 3.63) is 0 Å². The van der Waals surface area contributed by atoms with Gasteiger partial charge in [0.05, 0.1) is 5.75 Å². The number of hydrogen-bond donors (Lipinski definition) is 1. The minimum atomic E-state index is -0.681. The van der Waals surface area contributed by atoms with Crippen molar-refractivity contribution in [2.75, 3.05) is 5.75 Å². The van der Waals surface area contributed by atoms with Crippen LogP contribution in [0.25, 0.3) is 0 Å². The molecule has 0 rings (SSSR count). The third-order valence-corrected chi connectivity index (χ3v) is 4.29. The molecule has 0 amide bonds. The lowest BCUT2D eigenvalue weighted by molar-refractivity contribution is -0.133. The van der Waals surface area contributed by atoms with E-state index in [1.165, 1.54) is 44.9 Å². The second-order valence-electron chi connectivity index (χ2n) is 4.67. The molecule has 0 aromatic rings. The van der Waals surface area contributed by atoms with E-state index in [1.807, 2.05) is 0 Å². The van der Waals surface area contributed by atoms with Gasteiger partial charge in [0.2, 0.25) is 0 Å². The molecule has 17 heavy (non-hydrogen) atoms. The Labute approximate surface area is 111 Å². The average molecular weight is 260 g/mol. The summed E-state index contributed by atoms with van der Waals surface area (Å²) in [5.74, 6) is -0.417. The van der Waals surface area contributed by atoms with Gasteiger partial charge in [0.25, 0.3) is 0 Å². The van der Waals surface area contributed by atoms with Crippen LogP contribution in [-0.4, -0.2) is 22.1 Å². The van der Waals surface area contributed by atoms with E-state index in [4.69, 9.17) is 5.11 Å². The fourth-order valence-electron chi connectivity index (χ4n) is 1.97. The average Bonchev–Trinajstić information content (AvgIpc) is 2.30. The van der Waals surface area contributed by atoms with E-state index >= 15 is 0 Å². The van der Waals surface area contributed by atoms with E-state index in [0.29, 0.717) is 5.25 Å². The quantitative estimate of drug-likeness (QED) is 0.516. The lowest BCUT2D eigenvalue weighted by Crippen LogP contribution is -2.08. The normalized spacial score (nSPS) is 12.6. The van der Waals surface area contributed by atoms with E-state index in [0.717, 1.165) is 12.8 Å². The molecule has 102 valence electrons. The largest absolute Gasteiger partial charge is 0.481 e. The molecule has 1 atom stereocenters. The zero-order chi connectivity index (χ0) is 12.9. The Morgan fingerprint density at radius 2 is 1.65 bits per heavy atom. The van der Waals surface area contributed by atoms with Crippen LogP contribution in [0.2, 0.25) is 0 Å². The number of unbranched alkanes of at least 4 members (excludes halogenated alkanes) is 5. The first kappa shape index (κ1) is 16.8. The van der Waals surface area contributed by atoms with Crippen molar-refractivity contribution in [1.82, 2.24) is 0 Å². The molecule has 0 fully saturated rings. The summed E-state index contributed by atoms with van der Waals surface area (Å²) in [5, 5.41) is 9.24. The van der Waals surface area contributed by atoms with E-state index < -0.39 is 5.97 Å². The van der Waals surface area contributed by atoms with Gasteiger partial charge in [-0.3, -0.25) is 4.79 Å². The van der Waals surface area contributed by atoms with Crippen molar-refractivity contribution in [3.8, 4) is 0 Å². The van der Waals surface area contributed by atoms with Crippen LogP contribution in [0.3, 0.4) is 0 Å². The van der Waals surface area contributed by atoms with Crippen LogP contribution in [0.15, 0.2) is 0 Å². The van der Waals surface area contributed by atoms with E-state index in [2.05, 4.69) is 13.8 Å². The second kappa shape index (κ2) is 12.3. The topological polar surface area (TPSA) is 37.3 Å². The van der Waals surface area contributed by atoms with E-state index in [-0.39, 0.29) is 5.75 Å². The summed E-state index contributed by atoms with van der Waals surface area (Å²) in [4.78, 5) is 10.5. The van der Waals surface area contributed by atoms with E-state index in [1.54, 1.807) is 11.8 Å². The Morgan fingerprint density at radius 1 is 1.00 bits per heavy atom. The molecule has 3 heteroatoms. The van der Waals surface area contributed by atoms with Gasteiger partial charge in [0.15, 0.2) is 0 Å². The van der Waals surface area contributed by atoms with Crippen LogP contribution in [0.1, 0.15) is 71.6 Å². The predicted molar refractivity (Wildman–Crippen MR) is 76.8 cm³/mol. The summed E-state index contributed by atoms with van der Waals surface area (Å²) in [6, 6.07) is 0. The summed E-state index contributed by atoms with van der Waals surface area (Å²) >= 11 is 1.62. The van der Waals surface area contributed by atoms with Crippen molar-refractivity contribution in [2.45, 2.75) is 76.9 Å². The molecular weight excluding hydrogens is 232 g/mol. The Bertz CT molecular complexity index is 183.